The molecule has 4 aromatic rings. The zero-order valence-corrected chi connectivity index (χ0v) is 18.2. The highest BCUT2D eigenvalue weighted by Crippen LogP contribution is 2.34. The lowest BCUT2D eigenvalue weighted by molar-refractivity contribution is 0.257. The van der Waals surface area contributed by atoms with Crippen molar-refractivity contribution in [3.63, 3.8) is 0 Å². The van der Waals surface area contributed by atoms with E-state index in [4.69, 9.17) is 4.63 Å². The minimum Gasteiger partial charge on any atom is -0.298 e. The summed E-state index contributed by atoms with van der Waals surface area (Å²) in [6.07, 6.45) is 2.07. The molecule has 1 aliphatic rings. The number of aromatic nitrogens is 2. The summed E-state index contributed by atoms with van der Waals surface area (Å²) in [7, 11) is 0. The lowest BCUT2D eigenvalue weighted by Crippen LogP contribution is -2.32. The van der Waals surface area contributed by atoms with E-state index >= 15 is 0 Å². The van der Waals surface area contributed by atoms with Gasteiger partial charge in [0.15, 0.2) is 0 Å². The van der Waals surface area contributed by atoms with Crippen molar-refractivity contribution in [2.75, 3.05) is 13.1 Å². The Morgan fingerprint density at radius 1 is 0.900 bits per heavy atom. The first-order valence-electron chi connectivity index (χ1n) is 10.5. The van der Waals surface area contributed by atoms with Gasteiger partial charge in [-0.15, -0.1) is 0 Å². The Hall–Kier alpha value is -2.63. The van der Waals surface area contributed by atoms with Crippen molar-refractivity contribution in [1.82, 2.24) is 15.2 Å². The molecule has 0 atom stereocenters. The third-order valence-electron chi connectivity index (χ3n) is 5.86. The molecule has 0 aliphatic carbocycles. The van der Waals surface area contributed by atoms with E-state index in [1.807, 2.05) is 0 Å². The van der Waals surface area contributed by atoms with Gasteiger partial charge in [-0.2, -0.15) is 0 Å². The number of aryl methyl sites for hydroxylation is 2. The quantitative estimate of drug-likeness (QED) is 0.425. The summed E-state index contributed by atoms with van der Waals surface area (Å²) in [5.74, 6) is 0. The number of hydrogen-bond donors (Lipinski definition) is 0. The van der Waals surface area contributed by atoms with E-state index < -0.39 is 0 Å². The van der Waals surface area contributed by atoms with Crippen molar-refractivity contribution in [2.45, 2.75) is 43.0 Å². The summed E-state index contributed by atoms with van der Waals surface area (Å²) in [6.45, 7) is 7.42. The summed E-state index contributed by atoms with van der Waals surface area (Å²) < 4.78 is 5.13. The molecule has 0 N–H and O–H groups in total. The van der Waals surface area contributed by atoms with Crippen LogP contribution in [0.25, 0.3) is 11.0 Å². The molecule has 1 aliphatic heterocycles. The fourth-order valence-corrected chi connectivity index (χ4v) is 5.02. The maximum absolute atomic E-state index is 5.13. The summed E-state index contributed by atoms with van der Waals surface area (Å²) in [4.78, 5) is 4.82. The Labute approximate surface area is 181 Å². The van der Waals surface area contributed by atoms with E-state index in [2.05, 4.69) is 83.7 Å². The van der Waals surface area contributed by atoms with E-state index in [-0.39, 0.29) is 0 Å². The minimum absolute atomic E-state index is 0.859. The molecule has 0 unspecified atom stereocenters. The van der Waals surface area contributed by atoms with Gasteiger partial charge in [-0.25, -0.2) is 4.63 Å². The molecular formula is C25H25N3OS. The van der Waals surface area contributed by atoms with Gasteiger partial charge in [0.25, 0.3) is 0 Å². The van der Waals surface area contributed by atoms with Crippen LogP contribution in [0.5, 0.6) is 0 Å². The van der Waals surface area contributed by atoms with Crippen LogP contribution in [0.1, 0.15) is 27.8 Å². The molecule has 0 saturated carbocycles. The van der Waals surface area contributed by atoms with Gasteiger partial charge in [0, 0.05) is 29.4 Å². The van der Waals surface area contributed by atoms with Crippen LogP contribution in [0, 0.1) is 13.8 Å². The van der Waals surface area contributed by atoms with Gasteiger partial charge in [0.05, 0.1) is 0 Å². The van der Waals surface area contributed by atoms with Crippen LogP contribution in [0.3, 0.4) is 0 Å². The van der Waals surface area contributed by atoms with E-state index in [0.29, 0.717) is 0 Å². The smallest absolute Gasteiger partial charge is 0.149 e. The van der Waals surface area contributed by atoms with Crippen LogP contribution < -0.4 is 0 Å². The van der Waals surface area contributed by atoms with E-state index in [1.165, 1.54) is 32.7 Å². The lowest BCUT2D eigenvalue weighted by atomic mass is 9.97. The van der Waals surface area contributed by atoms with Gasteiger partial charge in [-0.3, -0.25) is 4.90 Å². The van der Waals surface area contributed by atoms with Gasteiger partial charge >= 0.3 is 0 Å². The zero-order valence-electron chi connectivity index (χ0n) is 17.4. The molecule has 5 rings (SSSR count). The summed E-state index contributed by atoms with van der Waals surface area (Å²) in [5, 5.41) is 8.44. The standard InChI is InChI=1S/C25H25N3OS/c1-17-4-8-22(9-5-17)30-23-10-7-20(24-25(23)27-29-26-24)12-14-28-13-11-19-6-3-18(2)15-21(19)16-28/h3-10,15H,11-14,16H2,1-2H3. The predicted molar refractivity (Wildman–Crippen MR) is 121 cm³/mol. The Morgan fingerprint density at radius 3 is 2.57 bits per heavy atom. The highest BCUT2D eigenvalue weighted by Gasteiger charge is 2.18. The third-order valence-corrected chi connectivity index (χ3v) is 6.92. The molecular weight excluding hydrogens is 390 g/mol. The molecule has 0 amide bonds. The van der Waals surface area contributed by atoms with Gasteiger partial charge in [0.2, 0.25) is 0 Å². The van der Waals surface area contributed by atoms with Crippen molar-refractivity contribution in [3.05, 3.63) is 82.4 Å². The van der Waals surface area contributed by atoms with Crippen molar-refractivity contribution in [1.29, 1.82) is 0 Å². The van der Waals surface area contributed by atoms with Crippen LogP contribution in [0.2, 0.25) is 0 Å². The maximum atomic E-state index is 5.13. The summed E-state index contributed by atoms with van der Waals surface area (Å²) >= 11 is 1.71. The highest BCUT2D eigenvalue weighted by atomic mass is 32.2. The predicted octanol–water partition coefficient (Wildman–Crippen LogP) is 5.59. The molecule has 0 bridgehead atoms. The lowest BCUT2D eigenvalue weighted by Gasteiger charge is -2.29. The molecule has 1 aromatic heterocycles. The second-order valence-electron chi connectivity index (χ2n) is 8.15. The first-order valence-corrected chi connectivity index (χ1v) is 11.3. The average Bonchev–Trinajstić information content (AvgIpc) is 3.25. The van der Waals surface area contributed by atoms with Gasteiger partial charge < -0.3 is 0 Å². The first kappa shape index (κ1) is 19.3. The Balaban J connectivity index is 1.31. The number of hydrogen-bond acceptors (Lipinski definition) is 5. The minimum atomic E-state index is 0.859. The molecule has 4 nitrogen and oxygen atoms in total. The highest BCUT2D eigenvalue weighted by molar-refractivity contribution is 7.99. The van der Waals surface area contributed by atoms with Crippen LogP contribution >= 0.6 is 11.8 Å². The number of rotatable bonds is 5. The van der Waals surface area contributed by atoms with Gasteiger partial charge in [-0.1, -0.05) is 59.3 Å². The number of fused-ring (bicyclic) bond motifs is 2. The van der Waals surface area contributed by atoms with Crippen molar-refractivity contribution < 1.29 is 4.63 Å². The Morgan fingerprint density at radius 2 is 1.70 bits per heavy atom. The van der Waals surface area contributed by atoms with Crippen LogP contribution in [-0.4, -0.2) is 28.3 Å². The van der Waals surface area contributed by atoms with Crippen molar-refractivity contribution in [3.8, 4) is 0 Å². The van der Waals surface area contributed by atoms with E-state index in [9.17, 15) is 0 Å². The molecule has 5 heteroatoms. The third kappa shape index (κ3) is 4.00. The molecule has 0 saturated heterocycles. The second kappa shape index (κ2) is 8.25. The molecule has 30 heavy (non-hydrogen) atoms. The normalized spacial score (nSPS) is 14.2. The zero-order chi connectivity index (χ0) is 20.5. The summed E-state index contributed by atoms with van der Waals surface area (Å²) in [6, 6.07) is 19.7. The van der Waals surface area contributed by atoms with Gasteiger partial charge in [0.1, 0.15) is 11.0 Å². The largest absolute Gasteiger partial charge is 0.298 e. The van der Waals surface area contributed by atoms with Crippen LogP contribution in [0.15, 0.2) is 69.0 Å². The molecule has 152 valence electrons. The van der Waals surface area contributed by atoms with Crippen LogP contribution in [0.4, 0.5) is 0 Å². The molecule has 0 radical (unpaired) electrons. The monoisotopic (exact) mass is 415 g/mol. The molecule has 0 fully saturated rings. The Kier molecular flexibility index (Phi) is 5.32. The molecule has 0 spiro atoms. The fourth-order valence-electron chi connectivity index (χ4n) is 4.13. The van der Waals surface area contributed by atoms with E-state index in [1.54, 1.807) is 11.8 Å². The molecule has 3 aromatic carbocycles. The average molecular weight is 416 g/mol. The number of benzene rings is 3. The van der Waals surface area contributed by atoms with E-state index in [0.717, 1.165) is 48.4 Å². The SMILES string of the molecule is Cc1ccc(Sc2ccc(CCN3CCc4ccc(C)cc4C3)c3nonc23)cc1. The van der Waals surface area contributed by atoms with Gasteiger partial charge in [-0.05, 0) is 71.9 Å². The Bertz CT molecular complexity index is 1180. The second-order valence-corrected chi connectivity index (χ2v) is 9.26. The topological polar surface area (TPSA) is 42.2 Å². The fraction of sp³-hybridized carbons (Fsp3) is 0.280. The van der Waals surface area contributed by atoms with Crippen molar-refractivity contribution in [2.24, 2.45) is 0 Å². The van der Waals surface area contributed by atoms with Crippen LogP contribution in [-0.2, 0) is 19.4 Å². The first-order chi connectivity index (χ1) is 14.7. The maximum Gasteiger partial charge on any atom is 0.149 e. The van der Waals surface area contributed by atoms with Crippen molar-refractivity contribution >= 4 is 22.8 Å². The molecule has 2 heterocycles. The summed E-state index contributed by atoms with van der Waals surface area (Å²) in [5.41, 5.74) is 8.52. The number of nitrogens with zero attached hydrogens (tertiary/aromatic N) is 3.